The molecule has 0 aliphatic rings. The van der Waals surface area contributed by atoms with Gasteiger partial charge in [-0.2, -0.15) is 0 Å². The molecule has 0 aliphatic carbocycles. The molecule has 0 atom stereocenters. The number of ether oxygens (including phenoxy) is 2. The molecule has 0 aliphatic heterocycles. The minimum atomic E-state index is -0.470. The summed E-state index contributed by atoms with van der Waals surface area (Å²) < 4.78 is 24.6. The van der Waals surface area contributed by atoms with Crippen LogP contribution in [-0.2, 0) is 29.1 Å². The maximum atomic E-state index is 14.1. The van der Waals surface area contributed by atoms with Crippen molar-refractivity contribution in [2.75, 3.05) is 17.7 Å². The van der Waals surface area contributed by atoms with E-state index in [2.05, 4.69) is 20.6 Å². The second-order valence-corrected chi connectivity index (χ2v) is 10.0. The SMILES string of the molecule is COC(=O)c1ccc(NC(=O)Cc2ccc(-c3cccc(OCc4ccc(Cl)cc4F)n3)cc2)c(NCc2ccc[nH]2)c1. The molecule has 0 saturated carbocycles. The van der Waals surface area contributed by atoms with Gasteiger partial charge in [0.15, 0.2) is 0 Å². The quantitative estimate of drug-likeness (QED) is 0.141. The zero-order chi connectivity index (χ0) is 30.2. The van der Waals surface area contributed by atoms with Gasteiger partial charge in [0, 0.05) is 34.1 Å². The van der Waals surface area contributed by atoms with Gasteiger partial charge in [0.05, 0.1) is 42.7 Å². The van der Waals surface area contributed by atoms with Gasteiger partial charge in [0.1, 0.15) is 12.4 Å². The first kappa shape index (κ1) is 29.3. The number of carbonyl (C=O) groups is 2. The van der Waals surface area contributed by atoms with E-state index in [1.165, 1.54) is 13.2 Å². The molecule has 10 heteroatoms. The summed E-state index contributed by atoms with van der Waals surface area (Å²) in [6.45, 7) is 0.488. The second-order valence-electron chi connectivity index (χ2n) is 9.61. The number of esters is 1. The number of hydrogen-bond donors (Lipinski definition) is 3. The monoisotopic (exact) mass is 598 g/mol. The van der Waals surface area contributed by atoms with Gasteiger partial charge in [-0.1, -0.05) is 48.0 Å². The molecule has 0 spiro atoms. The van der Waals surface area contributed by atoms with E-state index in [4.69, 9.17) is 21.1 Å². The zero-order valence-electron chi connectivity index (χ0n) is 23.2. The van der Waals surface area contributed by atoms with Gasteiger partial charge >= 0.3 is 5.97 Å². The van der Waals surface area contributed by atoms with Crippen LogP contribution in [0.15, 0.2) is 97.2 Å². The van der Waals surface area contributed by atoms with Crippen LogP contribution in [0.1, 0.15) is 27.2 Å². The Hall–Kier alpha value is -5.15. The number of benzene rings is 3. The van der Waals surface area contributed by atoms with Crippen molar-refractivity contribution in [3.05, 3.63) is 130 Å². The van der Waals surface area contributed by atoms with Crippen molar-refractivity contribution >= 4 is 34.9 Å². The average Bonchev–Trinajstić information content (AvgIpc) is 3.54. The Morgan fingerprint density at radius 3 is 2.53 bits per heavy atom. The third kappa shape index (κ3) is 7.78. The Labute approximate surface area is 252 Å². The third-order valence-electron chi connectivity index (χ3n) is 6.57. The van der Waals surface area contributed by atoms with Crippen molar-refractivity contribution in [1.82, 2.24) is 9.97 Å². The Balaban J connectivity index is 1.22. The number of rotatable bonds is 11. The van der Waals surface area contributed by atoms with E-state index >= 15 is 0 Å². The predicted molar refractivity (Wildman–Crippen MR) is 164 cm³/mol. The van der Waals surface area contributed by atoms with Crippen molar-refractivity contribution in [3.8, 4) is 17.1 Å². The van der Waals surface area contributed by atoms with Crippen LogP contribution >= 0.6 is 11.6 Å². The van der Waals surface area contributed by atoms with Gasteiger partial charge in [-0.05, 0) is 54.1 Å². The molecule has 0 saturated heterocycles. The van der Waals surface area contributed by atoms with Crippen molar-refractivity contribution in [2.24, 2.45) is 0 Å². The Morgan fingerprint density at radius 2 is 1.79 bits per heavy atom. The Bertz CT molecular complexity index is 1730. The topological polar surface area (TPSA) is 105 Å². The fourth-order valence-electron chi connectivity index (χ4n) is 4.33. The third-order valence-corrected chi connectivity index (χ3v) is 6.81. The summed E-state index contributed by atoms with van der Waals surface area (Å²) >= 11 is 5.82. The first-order valence-electron chi connectivity index (χ1n) is 13.4. The molecule has 0 unspecified atom stereocenters. The Kier molecular flexibility index (Phi) is 9.33. The van der Waals surface area contributed by atoms with Gasteiger partial charge < -0.3 is 25.1 Å². The van der Waals surface area contributed by atoms with Gasteiger partial charge in [-0.25, -0.2) is 14.2 Å². The molecule has 0 radical (unpaired) electrons. The highest BCUT2D eigenvalue weighted by molar-refractivity contribution is 6.30. The van der Waals surface area contributed by atoms with E-state index in [1.54, 1.807) is 36.4 Å². The van der Waals surface area contributed by atoms with Crippen LogP contribution in [0.5, 0.6) is 5.88 Å². The standard InChI is InChI=1S/C33H28ClFN4O4/c1-42-33(41)23-12-14-29(30(17-23)37-19-26-4-3-15-36-26)38-31(40)16-21-7-9-22(10-8-21)28-5-2-6-32(39-28)43-20-24-11-13-25(34)18-27(24)35/h2-15,17-18,36-37H,16,19-20H2,1H3,(H,38,40). The minimum Gasteiger partial charge on any atom is -0.473 e. The molecule has 8 nitrogen and oxygen atoms in total. The number of carbonyl (C=O) groups excluding carboxylic acids is 2. The van der Waals surface area contributed by atoms with Gasteiger partial charge in [0.25, 0.3) is 0 Å². The number of anilines is 2. The molecule has 43 heavy (non-hydrogen) atoms. The van der Waals surface area contributed by atoms with Crippen LogP contribution < -0.4 is 15.4 Å². The first-order chi connectivity index (χ1) is 20.9. The summed E-state index contributed by atoms with van der Waals surface area (Å²) in [7, 11) is 1.32. The van der Waals surface area contributed by atoms with E-state index in [-0.39, 0.29) is 18.9 Å². The Morgan fingerprint density at radius 1 is 0.953 bits per heavy atom. The predicted octanol–water partition coefficient (Wildman–Crippen LogP) is 7.03. The molecular formula is C33H28ClFN4O4. The van der Waals surface area contributed by atoms with Crippen molar-refractivity contribution in [3.63, 3.8) is 0 Å². The number of amides is 1. The molecule has 3 N–H and O–H groups in total. The average molecular weight is 599 g/mol. The number of halogens is 2. The largest absolute Gasteiger partial charge is 0.473 e. The second kappa shape index (κ2) is 13.7. The summed E-state index contributed by atoms with van der Waals surface area (Å²) in [6.07, 6.45) is 1.96. The number of pyridine rings is 1. The summed E-state index contributed by atoms with van der Waals surface area (Å²) in [5, 5.41) is 6.52. The van der Waals surface area contributed by atoms with Crippen LogP contribution in [-0.4, -0.2) is 29.0 Å². The number of methoxy groups -OCH3 is 1. The summed E-state index contributed by atoms with van der Waals surface area (Å²) in [5.41, 5.74) is 5.14. The van der Waals surface area contributed by atoms with Crippen LogP contribution in [0, 0.1) is 5.82 Å². The van der Waals surface area contributed by atoms with Crippen LogP contribution in [0.4, 0.5) is 15.8 Å². The molecule has 2 aromatic heterocycles. The lowest BCUT2D eigenvalue weighted by Crippen LogP contribution is -2.16. The fourth-order valence-corrected chi connectivity index (χ4v) is 4.49. The highest BCUT2D eigenvalue weighted by Gasteiger charge is 2.13. The summed E-state index contributed by atoms with van der Waals surface area (Å²) in [5.74, 6) is -0.771. The number of nitrogens with one attached hydrogen (secondary N) is 3. The number of hydrogen-bond acceptors (Lipinski definition) is 6. The number of H-pyrrole nitrogens is 1. The van der Waals surface area contributed by atoms with E-state index in [9.17, 15) is 14.0 Å². The zero-order valence-corrected chi connectivity index (χ0v) is 24.0. The molecule has 2 heterocycles. The molecule has 5 rings (SSSR count). The molecule has 1 amide bonds. The molecule has 218 valence electrons. The lowest BCUT2D eigenvalue weighted by molar-refractivity contribution is -0.115. The van der Waals surface area contributed by atoms with Gasteiger partial charge in [-0.15, -0.1) is 0 Å². The first-order valence-corrected chi connectivity index (χ1v) is 13.8. The highest BCUT2D eigenvalue weighted by Crippen LogP contribution is 2.26. The maximum absolute atomic E-state index is 14.1. The van der Waals surface area contributed by atoms with E-state index in [0.29, 0.717) is 45.6 Å². The van der Waals surface area contributed by atoms with Crippen LogP contribution in [0.3, 0.4) is 0 Å². The number of nitrogens with zero attached hydrogens (tertiary/aromatic N) is 1. The van der Waals surface area contributed by atoms with Gasteiger partial charge in [0.2, 0.25) is 11.8 Å². The molecule has 3 aromatic carbocycles. The normalized spacial score (nSPS) is 10.7. The summed E-state index contributed by atoms with van der Waals surface area (Å²) in [6, 6.07) is 26.0. The van der Waals surface area contributed by atoms with E-state index in [0.717, 1.165) is 16.8 Å². The van der Waals surface area contributed by atoms with Crippen LogP contribution in [0.25, 0.3) is 11.3 Å². The molecule has 5 aromatic rings. The fraction of sp³-hybridized carbons (Fsp3) is 0.121. The van der Waals surface area contributed by atoms with Crippen molar-refractivity contribution < 1.29 is 23.5 Å². The molecular weight excluding hydrogens is 571 g/mol. The maximum Gasteiger partial charge on any atom is 0.337 e. The summed E-state index contributed by atoms with van der Waals surface area (Å²) in [4.78, 5) is 32.7. The minimum absolute atomic E-state index is 0.0160. The molecule has 0 fully saturated rings. The smallest absolute Gasteiger partial charge is 0.337 e. The van der Waals surface area contributed by atoms with Gasteiger partial charge in [-0.3, -0.25) is 4.79 Å². The number of aromatic amines is 1. The van der Waals surface area contributed by atoms with E-state index < -0.39 is 11.8 Å². The van der Waals surface area contributed by atoms with Crippen LogP contribution in [0.2, 0.25) is 5.02 Å². The highest BCUT2D eigenvalue weighted by atomic mass is 35.5. The van der Waals surface area contributed by atoms with Crippen molar-refractivity contribution in [2.45, 2.75) is 19.6 Å². The number of aromatic nitrogens is 2. The van der Waals surface area contributed by atoms with Crippen molar-refractivity contribution in [1.29, 1.82) is 0 Å². The van der Waals surface area contributed by atoms with E-state index in [1.807, 2.05) is 54.7 Å². The lowest BCUT2D eigenvalue weighted by atomic mass is 10.1. The lowest BCUT2D eigenvalue weighted by Gasteiger charge is -2.14. The molecule has 0 bridgehead atoms.